The molecule has 4 aliphatic rings. The van der Waals surface area contributed by atoms with Gasteiger partial charge in [0.2, 0.25) is 11.8 Å². The fourth-order valence-electron chi connectivity index (χ4n) is 5.09. The Morgan fingerprint density at radius 2 is 1.71 bits per heavy atom. The van der Waals surface area contributed by atoms with Crippen molar-refractivity contribution >= 4 is 46.8 Å². The van der Waals surface area contributed by atoms with Crippen molar-refractivity contribution in [3.63, 3.8) is 0 Å². The first-order valence-electron chi connectivity index (χ1n) is 12.1. The molecule has 2 amide bonds. The maximum absolute atomic E-state index is 13.1. The molecule has 38 heavy (non-hydrogen) atoms. The van der Waals surface area contributed by atoms with E-state index in [1.807, 2.05) is 0 Å². The second-order valence-corrected chi connectivity index (χ2v) is 11.5. The van der Waals surface area contributed by atoms with Crippen molar-refractivity contribution in [2.24, 2.45) is 11.8 Å². The minimum Gasteiger partial charge on any atom is -0.458 e. The van der Waals surface area contributed by atoms with Gasteiger partial charge in [-0.05, 0) is 31.0 Å². The number of amides is 2. The number of nitrogens with one attached hydrogen (secondary N) is 1. The molecule has 13 heteroatoms. The molecule has 1 aromatic rings. The molecule has 2 saturated heterocycles. The molecule has 7 atom stereocenters. The van der Waals surface area contributed by atoms with E-state index in [0.29, 0.717) is 40.9 Å². The SMILES string of the molecule is O=C1C2C=CC(SCCN3C(O)C=C(Oc4cc(Cl)cc(Cl)c4)C3O)=CC2C(=O)N1C1CCC(O)NC1O. The van der Waals surface area contributed by atoms with Crippen LogP contribution in [-0.4, -0.2) is 85.3 Å². The van der Waals surface area contributed by atoms with Gasteiger partial charge in [0.1, 0.15) is 30.2 Å². The zero-order chi connectivity index (χ0) is 27.1. The summed E-state index contributed by atoms with van der Waals surface area (Å²) in [6.45, 7) is 0.299. The number of halogens is 2. The van der Waals surface area contributed by atoms with Crippen molar-refractivity contribution in [2.45, 2.75) is 43.8 Å². The quantitative estimate of drug-likeness (QED) is 0.299. The first-order chi connectivity index (χ1) is 18.1. The average molecular weight is 584 g/mol. The van der Waals surface area contributed by atoms with Crippen molar-refractivity contribution in [2.75, 3.05) is 12.3 Å². The number of fused-ring (bicyclic) bond motifs is 1. The van der Waals surface area contributed by atoms with Gasteiger partial charge in [0.15, 0.2) is 6.23 Å². The molecule has 204 valence electrons. The lowest BCUT2D eigenvalue weighted by molar-refractivity contribution is -0.149. The molecule has 5 rings (SSSR count). The van der Waals surface area contributed by atoms with Gasteiger partial charge >= 0.3 is 0 Å². The Balaban J connectivity index is 1.17. The molecule has 1 aromatic carbocycles. The van der Waals surface area contributed by atoms with Crippen LogP contribution in [0.1, 0.15) is 12.8 Å². The summed E-state index contributed by atoms with van der Waals surface area (Å²) in [4.78, 5) is 29.4. The normalized spacial score (nSPS) is 33.4. The molecule has 2 fully saturated rings. The molecule has 3 aliphatic heterocycles. The van der Waals surface area contributed by atoms with E-state index in [0.717, 1.165) is 9.81 Å². The lowest BCUT2D eigenvalue weighted by Gasteiger charge is -2.36. The van der Waals surface area contributed by atoms with Gasteiger partial charge in [-0.15, -0.1) is 11.8 Å². The van der Waals surface area contributed by atoms with E-state index in [9.17, 15) is 30.0 Å². The Hall–Kier alpha value is -1.93. The number of hydrogen-bond acceptors (Lipinski definition) is 10. The molecule has 0 saturated carbocycles. The molecule has 5 N–H and O–H groups in total. The molecule has 7 unspecified atom stereocenters. The number of rotatable bonds is 7. The largest absolute Gasteiger partial charge is 0.458 e. The van der Waals surface area contributed by atoms with E-state index >= 15 is 0 Å². The van der Waals surface area contributed by atoms with Gasteiger partial charge in [0.25, 0.3) is 0 Å². The molecule has 0 aromatic heterocycles. The topological polar surface area (TPSA) is 143 Å². The second kappa shape index (κ2) is 11.3. The lowest BCUT2D eigenvalue weighted by Crippen LogP contribution is -2.58. The number of carbonyl (C=O) groups excluding carboxylic acids is 2. The molecule has 0 bridgehead atoms. The molecule has 1 aliphatic carbocycles. The van der Waals surface area contributed by atoms with E-state index in [1.54, 1.807) is 36.4 Å². The predicted molar refractivity (Wildman–Crippen MR) is 141 cm³/mol. The molecule has 0 radical (unpaired) electrons. The third-order valence-electron chi connectivity index (χ3n) is 6.95. The van der Waals surface area contributed by atoms with Crippen LogP contribution in [0, 0.1) is 11.8 Å². The van der Waals surface area contributed by atoms with Gasteiger partial charge in [-0.25, -0.2) is 4.90 Å². The number of aliphatic hydroxyl groups is 4. The van der Waals surface area contributed by atoms with Crippen molar-refractivity contribution in [1.29, 1.82) is 0 Å². The number of likely N-dealkylation sites (tertiary alicyclic amines) is 1. The van der Waals surface area contributed by atoms with Gasteiger partial charge in [-0.1, -0.05) is 41.4 Å². The summed E-state index contributed by atoms with van der Waals surface area (Å²) in [6.07, 6.45) is 2.96. The number of aliphatic hydroxyl groups excluding tert-OH is 4. The minimum atomic E-state index is -1.19. The van der Waals surface area contributed by atoms with Crippen LogP contribution in [0.15, 0.2) is 53.2 Å². The van der Waals surface area contributed by atoms with Crippen molar-refractivity contribution in [3.8, 4) is 5.75 Å². The molecule has 3 heterocycles. The number of carbonyl (C=O) groups is 2. The van der Waals surface area contributed by atoms with E-state index in [-0.39, 0.29) is 17.6 Å². The van der Waals surface area contributed by atoms with Gasteiger partial charge in [0.05, 0.1) is 17.9 Å². The highest BCUT2D eigenvalue weighted by Crippen LogP contribution is 2.38. The number of ether oxygens (including phenoxy) is 1. The minimum absolute atomic E-state index is 0.155. The molecular formula is C25H27Cl2N3O7S. The van der Waals surface area contributed by atoms with E-state index in [1.165, 1.54) is 22.7 Å². The van der Waals surface area contributed by atoms with E-state index in [4.69, 9.17) is 27.9 Å². The van der Waals surface area contributed by atoms with Gasteiger partial charge in [-0.3, -0.25) is 19.8 Å². The number of piperidine rings is 1. The second-order valence-electron chi connectivity index (χ2n) is 9.45. The first-order valence-corrected chi connectivity index (χ1v) is 13.9. The van der Waals surface area contributed by atoms with Gasteiger partial charge < -0.3 is 25.2 Å². The summed E-state index contributed by atoms with van der Waals surface area (Å²) >= 11 is 13.4. The van der Waals surface area contributed by atoms with Crippen LogP contribution < -0.4 is 10.1 Å². The highest BCUT2D eigenvalue weighted by atomic mass is 35.5. The highest BCUT2D eigenvalue weighted by molar-refractivity contribution is 8.03. The van der Waals surface area contributed by atoms with Crippen molar-refractivity contribution in [3.05, 3.63) is 63.2 Å². The smallest absolute Gasteiger partial charge is 0.237 e. The predicted octanol–water partition coefficient (Wildman–Crippen LogP) is 1.39. The average Bonchev–Trinajstić information content (AvgIpc) is 3.25. The van der Waals surface area contributed by atoms with Gasteiger partial charge in [-0.2, -0.15) is 0 Å². The fourth-order valence-corrected chi connectivity index (χ4v) is 6.55. The summed E-state index contributed by atoms with van der Waals surface area (Å²) < 4.78 is 5.69. The van der Waals surface area contributed by atoms with Gasteiger partial charge in [0, 0.05) is 33.3 Å². The number of thioether (sulfide) groups is 1. The summed E-state index contributed by atoms with van der Waals surface area (Å²) in [7, 11) is 0. The van der Waals surface area contributed by atoms with Crippen LogP contribution in [-0.2, 0) is 9.59 Å². The summed E-state index contributed by atoms with van der Waals surface area (Å²) in [5, 5.41) is 44.4. The monoisotopic (exact) mass is 583 g/mol. The number of allylic oxidation sites excluding steroid dienone is 1. The highest BCUT2D eigenvalue weighted by Gasteiger charge is 2.51. The third-order valence-corrected chi connectivity index (χ3v) is 8.38. The zero-order valence-electron chi connectivity index (χ0n) is 20.0. The summed E-state index contributed by atoms with van der Waals surface area (Å²) in [5.74, 6) is -1.06. The maximum atomic E-state index is 13.1. The van der Waals surface area contributed by atoms with Crippen LogP contribution >= 0.6 is 35.0 Å². The summed E-state index contributed by atoms with van der Waals surface area (Å²) in [5.41, 5.74) is 0. The molecule has 0 spiro atoms. The number of imide groups is 1. The third kappa shape index (κ3) is 5.53. The van der Waals surface area contributed by atoms with Crippen molar-refractivity contribution < 1.29 is 34.8 Å². The zero-order valence-corrected chi connectivity index (χ0v) is 22.3. The Kier molecular flexibility index (Phi) is 8.20. The number of hydrogen-bond donors (Lipinski definition) is 5. The summed E-state index contributed by atoms with van der Waals surface area (Å²) in [6, 6.07) is 3.92. The van der Waals surface area contributed by atoms with E-state index in [2.05, 4.69) is 5.32 Å². The van der Waals surface area contributed by atoms with Crippen LogP contribution in [0.5, 0.6) is 5.75 Å². The standard InChI is InChI=1S/C25H27Cl2N3O7S/c26-12-7-13(27)9-14(8-12)37-19-11-21(32)29(25(19)36)5-6-38-15-1-2-16-17(10-15)24(35)30(23(16)34)18-3-4-20(31)28-22(18)33/h1-2,7-11,16-18,20-22,25,28,31-33,36H,3-6H2. The number of nitrogens with zero attached hydrogens (tertiary/aromatic N) is 2. The number of benzene rings is 1. The Morgan fingerprint density at radius 1 is 1.00 bits per heavy atom. The Morgan fingerprint density at radius 3 is 2.42 bits per heavy atom. The Labute approximate surface area is 233 Å². The lowest BCUT2D eigenvalue weighted by atomic mass is 9.91. The van der Waals surface area contributed by atoms with Crippen molar-refractivity contribution in [1.82, 2.24) is 15.1 Å². The van der Waals surface area contributed by atoms with Crippen LogP contribution in [0.25, 0.3) is 0 Å². The Bertz CT molecular complexity index is 1190. The van der Waals surface area contributed by atoms with Crippen LogP contribution in [0.3, 0.4) is 0 Å². The maximum Gasteiger partial charge on any atom is 0.237 e. The molecular weight excluding hydrogens is 557 g/mol. The molecule has 10 nitrogen and oxygen atoms in total. The van der Waals surface area contributed by atoms with E-state index < -0.39 is 42.8 Å². The van der Waals surface area contributed by atoms with Crippen LogP contribution in [0.2, 0.25) is 10.0 Å². The van der Waals surface area contributed by atoms with Crippen LogP contribution in [0.4, 0.5) is 0 Å². The first kappa shape index (κ1) is 27.6. The fraction of sp³-hybridized carbons (Fsp3) is 0.440.